The molecule has 0 bridgehead atoms. The quantitative estimate of drug-likeness (QED) is 0.911. The first-order chi connectivity index (χ1) is 9.40. The fourth-order valence-electron chi connectivity index (χ4n) is 1.54. The topological polar surface area (TPSA) is 62.5 Å². The van der Waals surface area contributed by atoms with Crippen molar-refractivity contribution in [1.29, 1.82) is 0 Å². The normalized spacial score (nSPS) is 11.4. The zero-order valence-corrected chi connectivity index (χ0v) is 10.1. The van der Waals surface area contributed by atoms with E-state index in [1.54, 1.807) is 17.4 Å². The van der Waals surface area contributed by atoms with Crippen LogP contribution in [-0.2, 0) is 11.4 Å². The standard InChI is InChI=1S/C13H10F3NO3/c14-13(15,16)12(19)17-9-3-1-8(2-4-9)11-6-5-10(7-18)20-11/h1-6,18H,7H2,(H,17,19). The maximum Gasteiger partial charge on any atom is 0.471 e. The van der Waals surface area contributed by atoms with Gasteiger partial charge in [0.2, 0.25) is 0 Å². The van der Waals surface area contributed by atoms with E-state index in [-0.39, 0.29) is 12.3 Å². The van der Waals surface area contributed by atoms with Crippen molar-refractivity contribution < 1.29 is 27.5 Å². The summed E-state index contributed by atoms with van der Waals surface area (Å²) >= 11 is 0. The van der Waals surface area contributed by atoms with Gasteiger partial charge in [0.1, 0.15) is 18.1 Å². The Kier molecular flexibility index (Phi) is 3.80. The summed E-state index contributed by atoms with van der Waals surface area (Å²) in [4.78, 5) is 10.7. The third-order valence-electron chi connectivity index (χ3n) is 2.50. The van der Waals surface area contributed by atoms with E-state index in [2.05, 4.69) is 0 Å². The molecule has 2 aromatic rings. The fourth-order valence-corrected chi connectivity index (χ4v) is 1.54. The van der Waals surface area contributed by atoms with Crippen molar-refractivity contribution in [2.45, 2.75) is 12.8 Å². The largest absolute Gasteiger partial charge is 0.471 e. The molecule has 0 atom stereocenters. The SMILES string of the molecule is O=C(Nc1ccc(-c2ccc(CO)o2)cc1)C(F)(F)F. The summed E-state index contributed by atoms with van der Waals surface area (Å²) in [5.41, 5.74) is 0.653. The van der Waals surface area contributed by atoms with E-state index >= 15 is 0 Å². The highest BCUT2D eigenvalue weighted by Crippen LogP contribution is 2.24. The van der Waals surface area contributed by atoms with Crippen molar-refractivity contribution >= 4 is 11.6 Å². The number of carbonyl (C=O) groups excluding carboxylic acids is 1. The van der Waals surface area contributed by atoms with Crippen LogP contribution in [-0.4, -0.2) is 17.2 Å². The van der Waals surface area contributed by atoms with Gasteiger partial charge in [-0.25, -0.2) is 0 Å². The molecule has 0 saturated heterocycles. The second-order valence-corrected chi connectivity index (χ2v) is 3.95. The lowest BCUT2D eigenvalue weighted by Crippen LogP contribution is -2.29. The Labute approximate surface area is 111 Å². The monoisotopic (exact) mass is 285 g/mol. The van der Waals surface area contributed by atoms with Gasteiger partial charge in [0.05, 0.1) is 0 Å². The summed E-state index contributed by atoms with van der Waals surface area (Å²) < 4.78 is 41.5. The van der Waals surface area contributed by atoms with Crippen LogP contribution in [0.5, 0.6) is 0 Å². The molecule has 0 saturated carbocycles. The number of hydrogen-bond acceptors (Lipinski definition) is 3. The number of furan rings is 1. The Morgan fingerprint density at radius 3 is 2.30 bits per heavy atom. The molecule has 0 unspecified atom stereocenters. The number of amides is 1. The zero-order chi connectivity index (χ0) is 14.8. The molecule has 0 fully saturated rings. The highest BCUT2D eigenvalue weighted by Gasteiger charge is 2.38. The number of carbonyl (C=O) groups is 1. The maximum absolute atomic E-state index is 12.1. The molecule has 7 heteroatoms. The predicted molar refractivity (Wildman–Crippen MR) is 64.8 cm³/mol. The lowest BCUT2D eigenvalue weighted by molar-refractivity contribution is -0.167. The smallest absolute Gasteiger partial charge is 0.459 e. The number of aliphatic hydroxyl groups excluding tert-OH is 1. The lowest BCUT2D eigenvalue weighted by Gasteiger charge is -2.08. The van der Waals surface area contributed by atoms with E-state index in [1.807, 2.05) is 0 Å². The van der Waals surface area contributed by atoms with Crippen LogP contribution in [0.25, 0.3) is 11.3 Å². The van der Waals surface area contributed by atoms with Gasteiger partial charge in [-0.1, -0.05) is 0 Å². The molecule has 2 rings (SSSR count). The first-order valence-corrected chi connectivity index (χ1v) is 5.58. The number of rotatable bonds is 3. The van der Waals surface area contributed by atoms with Gasteiger partial charge >= 0.3 is 12.1 Å². The predicted octanol–water partition coefficient (Wildman–Crippen LogP) is 2.94. The van der Waals surface area contributed by atoms with E-state index in [1.165, 1.54) is 24.3 Å². The second-order valence-electron chi connectivity index (χ2n) is 3.95. The Balaban J connectivity index is 2.12. The van der Waals surface area contributed by atoms with Gasteiger partial charge in [-0.2, -0.15) is 13.2 Å². The molecule has 0 aliphatic heterocycles. The number of nitrogens with one attached hydrogen (secondary N) is 1. The summed E-state index contributed by atoms with van der Waals surface area (Å²) in [6, 6.07) is 8.90. The van der Waals surface area contributed by atoms with E-state index in [0.29, 0.717) is 17.1 Å². The summed E-state index contributed by atoms with van der Waals surface area (Å²) in [6.45, 7) is -0.236. The van der Waals surface area contributed by atoms with Gasteiger partial charge < -0.3 is 14.8 Å². The zero-order valence-electron chi connectivity index (χ0n) is 10.1. The number of benzene rings is 1. The van der Waals surface area contributed by atoms with Gasteiger partial charge in [-0.05, 0) is 36.4 Å². The maximum atomic E-state index is 12.1. The van der Waals surface area contributed by atoms with Crippen LogP contribution >= 0.6 is 0 Å². The molecule has 20 heavy (non-hydrogen) atoms. The molecule has 106 valence electrons. The van der Waals surface area contributed by atoms with Crippen molar-refractivity contribution in [3.8, 4) is 11.3 Å². The summed E-state index contributed by atoms with van der Waals surface area (Å²) in [5, 5.41) is 10.6. The van der Waals surface area contributed by atoms with E-state index in [0.717, 1.165) is 0 Å². The number of aliphatic hydroxyl groups is 1. The van der Waals surface area contributed by atoms with Crippen molar-refractivity contribution in [2.75, 3.05) is 5.32 Å². The van der Waals surface area contributed by atoms with Crippen molar-refractivity contribution in [1.82, 2.24) is 0 Å². The highest BCUT2D eigenvalue weighted by atomic mass is 19.4. The fraction of sp³-hybridized carbons (Fsp3) is 0.154. The molecule has 1 aromatic carbocycles. The molecule has 1 aromatic heterocycles. The first kappa shape index (κ1) is 14.1. The Morgan fingerprint density at radius 1 is 1.15 bits per heavy atom. The van der Waals surface area contributed by atoms with Crippen LogP contribution in [0.15, 0.2) is 40.8 Å². The molecule has 0 radical (unpaired) electrons. The van der Waals surface area contributed by atoms with Crippen LogP contribution in [0.4, 0.5) is 18.9 Å². The van der Waals surface area contributed by atoms with E-state index in [9.17, 15) is 18.0 Å². The minimum absolute atomic E-state index is 0.0324. The molecule has 1 heterocycles. The number of hydrogen-bond donors (Lipinski definition) is 2. The molecule has 1 amide bonds. The Morgan fingerprint density at radius 2 is 1.80 bits per heavy atom. The molecular formula is C13H10F3NO3. The van der Waals surface area contributed by atoms with Gasteiger partial charge in [-0.3, -0.25) is 4.79 Å². The molecular weight excluding hydrogens is 275 g/mol. The van der Waals surface area contributed by atoms with Crippen LogP contribution in [0.3, 0.4) is 0 Å². The minimum Gasteiger partial charge on any atom is -0.459 e. The van der Waals surface area contributed by atoms with Crippen molar-refractivity contribution in [3.63, 3.8) is 0 Å². The third-order valence-corrected chi connectivity index (χ3v) is 2.50. The van der Waals surface area contributed by atoms with Crippen molar-refractivity contribution in [3.05, 3.63) is 42.2 Å². The Bertz CT molecular complexity index is 602. The van der Waals surface area contributed by atoms with Crippen molar-refractivity contribution in [2.24, 2.45) is 0 Å². The van der Waals surface area contributed by atoms with E-state index < -0.39 is 12.1 Å². The molecule has 2 N–H and O–H groups in total. The number of anilines is 1. The average Bonchev–Trinajstić information content (AvgIpc) is 2.87. The summed E-state index contributed by atoms with van der Waals surface area (Å²) in [6.07, 6.45) is -4.92. The third kappa shape index (κ3) is 3.18. The van der Waals surface area contributed by atoms with Gasteiger partial charge in [0.15, 0.2) is 0 Å². The molecule has 0 aliphatic rings. The Hall–Kier alpha value is -2.28. The summed E-state index contributed by atoms with van der Waals surface area (Å²) in [7, 11) is 0. The van der Waals surface area contributed by atoms with Crippen LogP contribution in [0.2, 0.25) is 0 Å². The van der Waals surface area contributed by atoms with Crippen LogP contribution in [0.1, 0.15) is 5.76 Å². The lowest BCUT2D eigenvalue weighted by atomic mass is 10.1. The molecule has 4 nitrogen and oxygen atoms in total. The number of halogens is 3. The average molecular weight is 285 g/mol. The van der Waals surface area contributed by atoms with E-state index in [4.69, 9.17) is 9.52 Å². The van der Waals surface area contributed by atoms with Gasteiger partial charge in [0.25, 0.3) is 0 Å². The highest BCUT2D eigenvalue weighted by molar-refractivity contribution is 5.95. The van der Waals surface area contributed by atoms with Crippen LogP contribution in [0, 0.1) is 0 Å². The first-order valence-electron chi connectivity index (χ1n) is 5.58. The molecule has 0 spiro atoms. The second kappa shape index (κ2) is 5.38. The minimum atomic E-state index is -4.92. The number of alkyl halides is 3. The molecule has 0 aliphatic carbocycles. The van der Waals surface area contributed by atoms with Crippen LogP contribution < -0.4 is 5.32 Å². The van der Waals surface area contributed by atoms with Gasteiger partial charge in [0, 0.05) is 11.3 Å². The van der Waals surface area contributed by atoms with Gasteiger partial charge in [-0.15, -0.1) is 0 Å². The summed E-state index contributed by atoms with van der Waals surface area (Å²) in [5.74, 6) is -1.16.